The molecule has 4 aromatic rings. The lowest BCUT2D eigenvalue weighted by atomic mass is 10.2. The van der Waals surface area contributed by atoms with Crippen molar-refractivity contribution in [2.45, 2.75) is 17.8 Å². The van der Waals surface area contributed by atoms with Crippen LogP contribution in [0.3, 0.4) is 0 Å². The number of aryl methyl sites for hydroxylation is 1. The van der Waals surface area contributed by atoms with Crippen LogP contribution in [-0.2, 0) is 12.8 Å². The number of hydrogen-bond donors (Lipinski definition) is 0. The predicted octanol–water partition coefficient (Wildman–Crippen LogP) is 4.38. The first-order valence-electron chi connectivity index (χ1n) is 7.77. The predicted molar refractivity (Wildman–Crippen MR) is 97.7 cm³/mol. The Morgan fingerprint density at radius 3 is 2.69 bits per heavy atom. The van der Waals surface area contributed by atoms with Crippen LogP contribution in [0.15, 0.2) is 50.7 Å². The highest BCUT2D eigenvalue weighted by Gasteiger charge is 2.16. The zero-order valence-corrected chi connectivity index (χ0v) is 15.6. The second-order valence-electron chi connectivity index (χ2n) is 5.56. The van der Waals surface area contributed by atoms with Crippen LogP contribution in [0.4, 0.5) is 0 Å². The highest BCUT2D eigenvalue weighted by Crippen LogP contribution is 2.27. The van der Waals surface area contributed by atoms with E-state index in [2.05, 4.69) is 20.3 Å². The van der Waals surface area contributed by atoms with Gasteiger partial charge in [-0.25, -0.2) is 0 Å². The van der Waals surface area contributed by atoms with Gasteiger partial charge in [-0.2, -0.15) is 4.98 Å². The fourth-order valence-electron chi connectivity index (χ4n) is 2.45. The normalized spacial score (nSPS) is 11.2. The van der Waals surface area contributed by atoms with Gasteiger partial charge in [0.2, 0.25) is 11.7 Å². The van der Waals surface area contributed by atoms with E-state index in [4.69, 9.17) is 20.5 Å². The third-order valence-electron chi connectivity index (χ3n) is 3.83. The van der Waals surface area contributed by atoms with Gasteiger partial charge in [0.1, 0.15) is 5.76 Å². The number of furan rings is 1. The van der Waals surface area contributed by atoms with Crippen molar-refractivity contribution in [2.75, 3.05) is 0 Å². The highest BCUT2D eigenvalue weighted by molar-refractivity contribution is 7.98. The maximum Gasteiger partial charge on any atom is 0.237 e. The van der Waals surface area contributed by atoms with Gasteiger partial charge in [-0.3, -0.25) is 0 Å². The van der Waals surface area contributed by atoms with E-state index in [9.17, 15) is 0 Å². The molecule has 1 aromatic carbocycles. The molecule has 3 heterocycles. The molecule has 132 valence electrons. The summed E-state index contributed by atoms with van der Waals surface area (Å²) in [5, 5.41) is 13.9. The summed E-state index contributed by atoms with van der Waals surface area (Å²) >= 11 is 7.37. The molecule has 0 radical (unpaired) electrons. The zero-order chi connectivity index (χ0) is 18.1. The molecule has 0 aliphatic heterocycles. The maximum atomic E-state index is 5.90. The summed E-state index contributed by atoms with van der Waals surface area (Å²) in [5.41, 5.74) is 1.78. The fourth-order valence-corrected chi connectivity index (χ4v) is 3.32. The molecule has 7 nitrogen and oxygen atoms in total. The van der Waals surface area contributed by atoms with E-state index >= 15 is 0 Å². The van der Waals surface area contributed by atoms with Crippen molar-refractivity contribution in [1.82, 2.24) is 24.9 Å². The lowest BCUT2D eigenvalue weighted by Gasteiger charge is -2.01. The maximum absolute atomic E-state index is 5.90. The molecule has 0 saturated carbocycles. The minimum Gasteiger partial charge on any atom is -0.469 e. The molecular weight excluding hydrogens is 374 g/mol. The van der Waals surface area contributed by atoms with Crippen LogP contribution in [0, 0.1) is 6.92 Å². The van der Waals surface area contributed by atoms with E-state index < -0.39 is 0 Å². The first kappa shape index (κ1) is 16.9. The lowest BCUT2D eigenvalue weighted by molar-refractivity contribution is 0.391. The second kappa shape index (κ2) is 6.97. The Hall–Kier alpha value is -2.58. The molecule has 0 atom stereocenters. The minimum absolute atomic E-state index is 0.497. The molecule has 0 saturated heterocycles. The van der Waals surface area contributed by atoms with Crippen LogP contribution in [0.5, 0.6) is 0 Å². The standard InChI is InChI=1S/C17H14ClN5O2S/c1-10-13(7-8-24-10)16-20-21-17(23(16)2)26-9-14-19-15(22-25-14)11-3-5-12(18)6-4-11/h3-8H,9H2,1-2H3. The van der Waals surface area contributed by atoms with Crippen LogP contribution in [0.25, 0.3) is 22.8 Å². The van der Waals surface area contributed by atoms with E-state index in [0.29, 0.717) is 22.5 Å². The zero-order valence-electron chi connectivity index (χ0n) is 14.0. The number of halogens is 1. The van der Waals surface area contributed by atoms with Crippen LogP contribution in [-0.4, -0.2) is 24.9 Å². The number of thioether (sulfide) groups is 1. The molecule has 0 N–H and O–H groups in total. The largest absolute Gasteiger partial charge is 0.469 e. The van der Waals surface area contributed by atoms with Gasteiger partial charge in [0.25, 0.3) is 0 Å². The first-order chi connectivity index (χ1) is 12.6. The Balaban J connectivity index is 1.48. The van der Waals surface area contributed by atoms with Gasteiger partial charge in [-0.15, -0.1) is 10.2 Å². The van der Waals surface area contributed by atoms with Crippen molar-refractivity contribution < 1.29 is 8.94 Å². The highest BCUT2D eigenvalue weighted by atomic mass is 35.5. The summed E-state index contributed by atoms with van der Waals surface area (Å²) in [5.74, 6) is 3.11. The first-order valence-corrected chi connectivity index (χ1v) is 9.13. The summed E-state index contributed by atoms with van der Waals surface area (Å²) in [7, 11) is 1.91. The van der Waals surface area contributed by atoms with Crippen molar-refractivity contribution in [3.8, 4) is 22.8 Å². The molecule has 9 heteroatoms. The van der Waals surface area contributed by atoms with Crippen molar-refractivity contribution in [3.05, 3.63) is 53.3 Å². The quantitative estimate of drug-likeness (QED) is 0.470. The van der Waals surface area contributed by atoms with Crippen molar-refractivity contribution in [1.29, 1.82) is 0 Å². The molecule has 0 fully saturated rings. The lowest BCUT2D eigenvalue weighted by Crippen LogP contribution is -1.95. The minimum atomic E-state index is 0.497. The van der Waals surface area contributed by atoms with Crippen LogP contribution in [0.1, 0.15) is 11.7 Å². The fraction of sp³-hybridized carbons (Fsp3) is 0.176. The van der Waals surface area contributed by atoms with E-state index in [1.165, 1.54) is 11.8 Å². The van der Waals surface area contributed by atoms with Gasteiger partial charge in [-0.1, -0.05) is 28.5 Å². The summed E-state index contributed by atoms with van der Waals surface area (Å²) in [6.45, 7) is 1.90. The molecule has 0 unspecified atom stereocenters. The Bertz CT molecular complexity index is 1040. The van der Waals surface area contributed by atoms with E-state index in [0.717, 1.165) is 27.9 Å². The molecule has 26 heavy (non-hydrogen) atoms. The molecule has 3 aromatic heterocycles. The van der Waals surface area contributed by atoms with Crippen LogP contribution < -0.4 is 0 Å². The summed E-state index contributed by atoms with van der Waals surface area (Å²) in [6, 6.07) is 9.17. The summed E-state index contributed by atoms with van der Waals surface area (Å²) in [6.07, 6.45) is 1.64. The molecule has 0 amide bonds. The topological polar surface area (TPSA) is 82.8 Å². The SMILES string of the molecule is Cc1occc1-c1nnc(SCc2nc(-c3ccc(Cl)cc3)no2)n1C. The molecular formula is C17H14ClN5O2S. The number of aromatic nitrogens is 5. The van der Waals surface area contributed by atoms with E-state index in [-0.39, 0.29) is 0 Å². The van der Waals surface area contributed by atoms with Crippen LogP contribution in [0.2, 0.25) is 5.02 Å². The van der Waals surface area contributed by atoms with Gasteiger partial charge in [0.05, 0.1) is 17.6 Å². The number of rotatable bonds is 5. The Morgan fingerprint density at radius 1 is 1.15 bits per heavy atom. The molecule has 0 spiro atoms. The number of benzene rings is 1. The van der Waals surface area contributed by atoms with Crippen molar-refractivity contribution >= 4 is 23.4 Å². The average Bonchev–Trinajstić information content (AvgIpc) is 3.35. The Kier molecular flexibility index (Phi) is 4.52. The number of hydrogen-bond acceptors (Lipinski definition) is 7. The monoisotopic (exact) mass is 387 g/mol. The van der Waals surface area contributed by atoms with Gasteiger partial charge in [-0.05, 0) is 37.3 Å². The summed E-state index contributed by atoms with van der Waals surface area (Å²) < 4.78 is 12.6. The molecule has 0 aliphatic carbocycles. The third kappa shape index (κ3) is 3.25. The van der Waals surface area contributed by atoms with Crippen molar-refractivity contribution in [2.24, 2.45) is 7.05 Å². The second-order valence-corrected chi connectivity index (χ2v) is 6.94. The van der Waals surface area contributed by atoms with Gasteiger partial charge >= 0.3 is 0 Å². The van der Waals surface area contributed by atoms with Crippen LogP contribution >= 0.6 is 23.4 Å². The molecule has 0 aliphatic rings. The Morgan fingerprint density at radius 2 is 1.96 bits per heavy atom. The van der Waals surface area contributed by atoms with Gasteiger partial charge in [0.15, 0.2) is 11.0 Å². The van der Waals surface area contributed by atoms with E-state index in [1.54, 1.807) is 18.4 Å². The summed E-state index contributed by atoms with van der Waals surface area (Å²) in [4.78, 5) is 4.41. The molecule has 4 rings (SSSR count). The molecule has 0 bridgehead atoms. The number of nitrogens with zero attached hydrogens (tertiary/aromatic N) is 5. The average molecular weight is 388 g/mol. The Labute approximate surface area is 158 Å². The third-order valence-corrected chi connectivity index (χ3v) is 5.09. The van der Waals surface area contributed by atoms with Crippen molar-refractivity contribution in [3.63, 3.8) is 0 Å². The van der Waals surface area contributed by atoms with E-state index in [1.807, 2.05) is 36.7 Å². The van der Waals surface area contributed by atoms with Gasteiger partial charge < -0.3 is 13.5 Å². The smallest absolute Gasteiger partial charge is 0.237 e. The van der Waals surface area contributed by atoms with Gasteiger partial charge in [0, 0.05) is 17.6 Å².